The van der Waals surface area contributed by atoms with Gasteiger partial charge in [-0.3, -0.25) is 10.7 Å². The summed E-state index contributed by atoms with van der Waals surface area (Å²) in [4.78, 5) is 15.1. The Hall–Kier alpha value is -3.58. The first-order chi connectivity index (χ1) is 13.2. The van der Waals surface area contributed by atoms with Crippen LogP contribution in [0.5, 0.6) is 6.01 Å². The van der Waals surface area contributed by atoms with Gasteiger partial charge < -0.3 is 26.1 Å². The molecular weight excluding hydrogens is 381 g/mol. The van der Waals surface area contributed by atoms with Gasteiger partial charge in [0.15, 0.2) is 11.9 Å². The number of aromatic nitrogens is 4. The topological polar surface area (TPSA) is 165 Å². The van der Waals surface area contributed by atoms with Gasteiger partial charge in [0.1, 0.15) is 12.4 Å². The molecule has 2 aromatic heterocycles. The Balaban J connectivity index is 1.82. The molecule has 0 atom stereocenters. The Morgan fingerprint density at radius 1 is 1.25 bits per heavy atom. The molecule has 152 valence electrons. The lowest BCUT2D eigenvalue weighted by molar-refractivity contribution is -0.118. The van der Waals surface area contributed by atoms with Gasteiger partial charge in [-0.25, -0.2) is 15.0 Å². The van der Waals surface area contributed by atoms with Gasteiger partial charge in [0, 0.05) is 25.1 Å². The van der Waals surface area contributed by atoms with Crippen LogP contribution in [0.15, 0.2) is 29.6 Å². The van der Waals surface area contributed by atoms with Crippen molar-refractivity contribution in [3.63, 3.8) is 0 Å². The van der Waals surface area contributed by atoms with Crippen molar-refractivity contribution in [2.45, 2.75) is 19.1 Å². The number of ether oxygens (including phenoxy) is 1. The summed E-state index contributed by atoms with van der Waals surface area (Å²) in [5, 5.41) is 12.3. The first-order valence-corrected chi connectivity index (χ1v) is 7.94. The van der Waals surface area contributed by atoms with Gasteiger partial charge >= 0.3 is 12.2 Å². The quantitative estimate of drug-likeness (QED) is 0.246. The van der Waals surface area contributed by atoms with Crippen LogP contribution in [0.25, 0.3) is 0 Å². The number of anilines is 2. The van der Waals surface area contributed by atoms with Crippen molar-refractivity contribution in [2.75, 3.05) is 23.8 Å². The number of nitrogens with two attached hydrogens (primary N) is 2. The maximum Gasteiger partial charge on any atom is 0.408 e. The van der Waals surface area contributed by atoms with Gasteiger partial charge in [0.05, 0.1) is 6.61 Å². The van der Waals surface area contributed by atoms with Crippen LogP contribution in [-0.4, -0.2) is 50.8 Å². The zero-order chi connectivity index (χ0) is 20.6. The van der Waals surface area contributed by atoms with Crippen LogP contribution in [0.2, 0.25) is 0 Å². The van der Waals surface area contributed by atoms with E-state index in [1.54, 1.807) is 17.0 Å². The van der Waals surface area contributed by atoms with Crippen LogP contribution >= 0.6 is 0 Å². The second kappa shape index (κ2) is 9.38. The number of imidazole rings is 1. The molecule has 28 heavy (non-hydrogen) atoms. The summed E-state index contributed by atoms with van der Waals surface area (Å²) in [5.74, 6) is -0.0633. The summed E-state index contributed by atoms with van der Waals surface area (Å²) in [5.41, 5.74) is 10.7. The van der Waals surface area contributed by atoms with E-state index >= 15 is 0 Å². The van der Waals surface area contributed by atoms with E-state index in [0.717, 1.165) is 0 Å². The van der Waals surface area contributed by atoms with Crippen LogP contribution < -0.4 is 26.8 Å². The van der Waals surface area contributed by atoms with E-state index in [-0.39, 0.29) is 24.4 Å². The molecule has 0 aliphatic carbocycles. The average Bonchev–Trinajstić information content (AvgIpc) is 3.03. The van der Waals surface area contributed by atoms with Crippen molar-refractivity contribution in [2.24, 2.45) is 16.5 Å². The third-order valence-corrected chi connectivity index (χ3v) is 3.05. The molecule has 2 heterocycles. The summed E-state index contributed by atoms with van der Waals surface area (Å²) in [6.07, 6.45) is 0.775. The molecular formula is C14H19F3N10O. The fourth-order valence-electron chi connectivity index (χ4n) is 1.96. The first kappa shape index (κ1) is 20.7. The van der Waals surface area contributed by atoms with Crippen molar-refractivity contribution in [1.29, 1.82) is 5.41 Å². The number of aliphatic imine (C=N–C) groups is 1. The molecule has 0 aromatic carbocycles. The maximum atomic E-state index is 12.1. The second-order valence-electron chi connectivity index (χ2n) is 5.35. The van der Waals surface area contributed by atoms with E-state index in [1.165, 1.54) is 12.3 Å². The number of nitrogens with one attached hydrogen (secondary N) is 3. The molecule has 14 heteroatoms. The number of hydrogen-bond donors (Lipinski definition) is 5. The predicted molar refractivity (Wildman–Crippen MR) is 96.1 cm³/mol. The Bertz CT molecular complexity index is 820. The molecule has 0 saturated heterocycles. The SMILES string of the molecule is N=C(N)Nc1nccn1CCCOc1nccc(NC(N)=NCC(F)(F)F)n1. The molecule has 0 amide bonds. The van der Waals surface area contributed by atoms with E-state index in [9.17, 15) is 13.2 Å². The molecule has 11 nitrogen and oxygen atoms in total. The largest absolute Gasteiger partial charge is 0.463 e. The molecule has 2 rings (SSSR count). The number of alkyl halides is 3. The van der Waals surface area contributed by atoms with Crippen LogP contribution in [0, 0.1) is 5.41 Å². The molecule has 0 spiro atoms. The fourth-order valence-corrected chi connectivity index (χ4v) is 1.96. The van der Waals surface area contributed by atoms with Gasteiger partial charge in [-0.15, -0.1) is 0 Å². The van der Waals surface area contributed by atoms with Gasteiger partial charge in [-0.05, 0) is 12.5 Å². The van der Waals surface area contributed by atoms with E-state index in [1.807, 2.05) is 0 Å². The summed E-state index contributed by atoms with van der Waals surface area (Å²) >= 11 is 0. The Morgan fingerprint density at radius 3 is 2.75 bits per heavy atom. The normalized spacial score (nSPS) is 11.9. The molecule has 0 fully saturated rings. The van der Waals surface area contributed by atoms with Crippen LogP contribution in [0.4, 0.5) is 24.9 Å². The molecule has 0 aliphatic rings. The van der Waals surface area contributed by atoms with Gasteiger partial charge in [-0.1, -0.05) is 0 Å². The van der Waals surface area contributed by atoms with Crippen LogP contribution in [0.1, 0.15) is 6.42 Å². The van der Waals surface area contributed by atoms with Crippen molar-refractivity contribution in [3.05, 3.63) is 24.7 Å². The third kappa shape index (κ3) is 7.35. The Kier molecular flexibility index (Phi) is 6.95. The predicted octanol–water partition coefficient (Wildman–Crippen LogP) is 0.736. The molecule has 0 aliphatic heterocycles. The zero-order valence-electron chi connectivity index (χ0n) is 14.6. The number of guanidine groups is 2. The lowest BCUT2D eigenvalue weighted by Crippen LogP contribution is -2.26. The minimum Gasteiger partial charge on any atom is -0.463 e. The molecule has 0 radical (unpaired) electrons. The van der Waals surface area contributed by atoms with E-state index in [2.05, 4.69) is 30.6 Å². The monoisotopic (exact) mass is 400 g/mol. The Labute approximate surface area is 157 Å². The number of nitrogens with zero attached hydrogens (tertiary/aromatic N) is 5. The van der Waals surface area contributed by atoms with Gasteiger partial charge in [0.25, 0.3) is 0 Å². The van der Waals surface area contributed by atoms with E-state index in [4.69, 9.17) is 21.6 Å². The van der Waals surface area contributed by atoms with E-state index in [0.29, 0.717) is 18.9 Å². The average molecular weight is 400 g/mol. The van der Waals surface area contributed by atoms with Crippen LogP contribution in [0.3, 0.4) is 0 Å². The molecule has 0 unspecified atom stereocenters. The lowest BCUT2D eigenvalue weighted by atomic mass is 10.4. The highest BCUT2D eigenvalue weighted by atomic mass is 19.4. The fraction of sp³-hybridized carbons (Fsp3) is 0.357. The minimum atomic E-state index is -4.44. The van der Waals surface area contributed by atoms with Crippen molar-refractivity contribution in [3.8, 4) is 6.01 Å². The number of halogens is 3. The van der Waals surface area contributed by atoms with Crippen LogP contribution in [-0.2, 0) is 6.54 Å². The lowest BCUT2D eigenvalue weighted by Gasteiger charge is -2.10. The first-order valence-electron chi connectivity index (χ1n) is 7.94. The third-order valence-electron chi connectivity index (χ3n) is 3.05. The highest BCUT2D eigenvalue weighted by Gasteiger charge is 2.26. The number of hydrogen-bond acceptors (Lipinski definition) is 6. The summed E-state index contributed by atoms with van der Waals surface area (Å²) in [7, 11) is 0. The smallest absolute Gasteiger partial charge is 0.408 e. The van der Waals surface area contributed by atoms with Gasteiger partial charge in [0.2, 0.25) is 5.95 Å². The zero-order valence-corrected chi connectivity index (χ0v) is 14.6. The Morgan fingerprint density at radius 2 is 2.04 bits per heavy atom. The number of rotatable bonds is 8. The molecule has 2 aromatic rings. The minimum absolute atomic E-state index is 0.0290. The van der Waals surface area contributed by atoms with Crippen molar-refractivity contribution < 1.29 is 17.9 Å². The van der Waals surface area contributed by atoms with Gasteiger partial charge in [-0.2, -0.15) is 18.2 Å². The number of aryl methyl sites for hydroxylation is 1. The summed E-state index contributed by atoms with van der Waals surface area (Å²) < 4.78 is 43.5. The molecule has 0 saturated carbocycles. The van der Waals surface area contributed by atoms with Crippen molar-refractivity contribution >= 4 is 23.7 Å². The standard InChI is InChI=1S/C14H19F3N10O/c15-14(16,17)8-23-11(20)24-9-2-3-22-13(25-9)28-7-1-5-27-6-4-21-12(27)26-10(18)19/h2-4,6H,1,5,7-8H2,(H4,18,19,21,26)(H3,20,22,23,24,25). The summed E-state index contributed by atoms with van der Waals surface area (Å²) in [6.45, 7) is -0.599. The molecule has 7 N–H and O–H groups in total. The highest BCUT2D eigenvalue weighted by molar-refractivity contribution is 5.91. The second-order valence-corrected chi connectivity index (χ2v) is 5.35. The highest BCUT2D eigenvalue weighted by Crippen LogP contribution is 2.14. The molecule has 0 bridgehead atoms. The summed E-state index contributed by atoms with van der Waals surface area (Å²) in [6, 6.07) is 1.44. The van der Waals surface area contributed by atoms with E-state index < -0.39 is 18.7 Å². The maximum absolute atomic E-state index is 12.1. The van der Waals surface area contributed by atoms with Crippen molar-refractivity contribution in [1.82, 2.24) is 19.5 Å².